The molecule has 1 rings (SSSR count). The molecule has 1 unspecified atom stereocenters. The van der Waals surface area contributed by atoms with Gasteiger partial charge in [-0.2, -0.15) is 4.98 Å². The lowest BCUT2D eigenvalue weighted by Gasteiger charge is -2.20. The van der Waals surface area contributed by atoms with Crippen molar-refractivity contribution in [1.29, 1.82) is 0 Å². The van der Waals surface area contributed by atoms with Crippen molar-refractivity contribution in [1.82, 2.24) is 20.8 Å². The zero-order valence-corrected chi connectivity index (χ0v) is 11.8. The van der Waals surface area contributed by atoms with Gasteiger partial charge in [-0.15, -0.1) is 0 Å². The summed E-state index contributed by atoms with van der Waals surface area (Å²) in [5.74, 6) is 0.0975. The molecule has 1 aromatic rings. The summed E-state index contributed by atoms with van der Waals surface area (Å²) in [4.78, 5) is 26.4. The minimum absolute atomic E-state index is 0.0374. The van der Waals surface area contributed by atoms with Crippen LogP contribution in [0.1, 0.15) is 32.0 Å². The molecule has 20 heavy (non-hydrogen) atoms. The van der Waals surface area contributed by atoms with Crippen LogP contribution in [-0.4, -0.2) is 39.8 Å². The summed E-state index contributed by atoms with van der Waals surface area (Å²) in [7, 11) is 0. The van der Waals surface area contributed by atoms with Crippen molar-refractivity contribution in [2.45, 2.75) is 39.7 Å². The van der Waals surface area contributed by atoms with Gasteiger partial charge in [0, 0.05) is 19.0 Å². The fourth-order valence-electron chi connectivity index (χ4n) is 1.59. The van der Waals surface area contributed by atoms with Crippen LogP contribution in [0.5, 0.6) is 0 Å². The van der Waals surface area contributed by atoms with Crippen LogP contribution in [-0.2, 0) is 11.2 Å². The monoisotopic (exact) mass is 284 g/mol. The maximum Gasteiger partial charge on any atom is 0.315 e. The highest BCUT2D eigenvalue weighted by Crippen LogP contribution is 2.05. The molecule has 2 amide bonds. The number of rotatable bonds is 7. The third kappa shape index (κ3) is 5.68. The van der Waals surface area contributed by atoms with Gasteiger partial charge >= 0.3 is 12.0 Å². The molecule has 0 aromatic carbocycles. The number of carbonyl (C=O) groups is 2. The van der Waals surface area contributed by atoms with Crippen molar-refractivity contribution in [3.63, 3.8) is 0 Å². The molecule has 8 nitrogen and oxygen atoms in total. The van der Waals surface area contributed by atoms with E-state index in [-0.39, 0.29) is 12.3 Å². The molecule has 0 bridgehead atoms. The number of carbonyl (C=O) groups excluding carboxylic acids is 1. The Morgan fingerprint density at radius 3 is 2.60 bits per heavy atom. The average Bonchev–Trinajstić information content (AvgIpc) is 2.73. The number of aryl methyl sites for hydroxylation is 1. The Morgan fingerprint density at radius 2 is 2.10 bits per heavy atom. The number of hydrogen-bond acceptors (Lipinski definition) is 5. The van der Waals surface area contributed by atoms with Crippen LogP contribution in [0, 0.1) is 12.8 Å². The molecule has 1 heterocycles. The van der Waals surface area contributed by atoms with Crippen molar-refractivity contribution in [3.8, 4) is 0 Å². The smallest absolute Gasteiger partial charge is 0.315 e. The van der Waals surface area contributed by atoms with Gasteiger partial charge in [0.25, 0.3) is 0 Å². The molecule has 1 atom stereocenters. The van der Waals surface area contributed by atoms with Gasteiger partial charge in [0.2, 0.25) is 5.89 Å². The summed E-state index contributed by atoms with van der Waals surface area (Å²) in [6.45, 7) is 5.77. The fourth-order valence-corrected chi connectivity index (χ4v) is 1.59. The number of aliphatic carboxylic acids is 1. The third-order valence-corrected chi connectivity index (χ3v) is 2.71. The lowest BCUT2D eigenvalue weighted by Crippen LogP contribution is -2.45. The minimum Gasteiger partial charge on any atom is -0.481 e. The summed E-state index contributed by atoms with van der Waals surface area (Å²) >= 11 is 0. The first kappa shape index (κ1) is 15.9. The number of aromatic nitrogens is 2. The predicted octanol–water partition coefficient (Wildman–Crippen LogP) is 0.719. The van der Waals surface area contributed by atoms with E-state index < -0.39 is 18.0 Å². The fraction of sp³-hybridized carbons (Fsp3) is 0.667. The summed E-state index contributed by atoms with van der Waals surface area (Å²) in [6.07, 6.45) is 0.327. The Kier molecular flexibility index (Phi) is 5.95. The van der Waals surface area contributed by atoms with Gasteiger partial charge in [-0.1, -0.05) is 19.0 Å². The second-order valence-electron chi connectivity index (χ2n) is 4.83. The molecule has 0 aliphatic heterocycles. The summed E-state index contributed by atoms with van der Waals surface area (Å²) in [5.41, 5.74) is 0. The van der Waals surface area contributed by atoms with E-state index in [0.29, 0.717) is 24.7 Å². The Balaban J connectivity index is 2.32. The molecular weight excluding hydrogens is 264 g/mol. The van der Waals surface area contributed by atoms with Gasteiger partial charge in [-0.25, -0.2) is 4.79 Å². The van der Waals surface area contributed by atoms with Crippen LogP contribution in [0.25, 0.3) is 0 Å². The van der Waals surface area contributed by atoms with Crippen molar-refractivity contribution in [2.75, 3.05) is 6.54 Å². The average molecular weight is 284 g/mol. The summed E-state index contributed by atoms with van der Waals surface area (Å²) in [5, 5.41) is 17.7. The lowest BCUT2D eigenvalue weighted by atomic mass is 10.0. The predicted molar refractivity (Wildman–Crippen MR) is 70.2 cm³/mol. The third-order valence-electron chi connectivity index (χ3n) is 2.71. The van der Waals surface area contributed by atoms with Gasteiger partial charge < -0.3 is 20.3 Å². The molecule has 0 aliphatic carbocycles. The van der Waals surface area contributed by atoms with Crippen molar-refractivity contribution in [3.05, 3.63) is 11.7 Å². The number of carboxylic acids is 1. The molecule has 0 saturated heterocycles. The second kappa shape index (κ2) is 7.46. The zero-order chi connectivity index (χ0) is 15.1. The first-order valence-electron chi connectivity index (χ1n) is 6.43. The first-order chi connectivity index (χ1) is 9.38. The maximum absolute atomic E-state index is 11.7. The van der Waals surface area contributed by atoms with Gasteiger partial charge in [-0.05, 0) is 12.8 Å². The van der Waals surface area contributed by atoms with E-state index in [0.717, 1.165) is 0 Å². The number of nitrogens with zero attached hydrogens (tertiary/aromatic N) is 2. The molecule has 0 radical (unpaired) electrons. The molecule has 1 aromatic heterocycles. The Labute approximate surface area is 116 Å². The molecule has 0 fully saturated rings. The largest absolute Gasteiger partial charge is 0.481 e. The van der Waals surface area contributed by atoms with Crippen molar-refractivity contribution in [2.24, 2.45) is 5.92 Å². The number of carboxylic acid groups (broad SMARTS) is 1. The minimum atomic E-state index is -0.940. The Hall–Kier alpha value is -2.12. The van der Waals surface area contributed by atoms with E-state index in [1.54, 1.807) is 6.92 Å². The van der Waals surface area contributed by atoms with Gasteiger partial charge in [0.05, 0.1) is 6.42 Å². The number of nitrogens with one attached hydrogen (secondary N) is 2. The number of amides is 2. The van der Waals surface area contributed by atoms with Gasteiger partial charge in [0.1, 0.15) is 0 Å². The van der Waals surface area contributed by atoms with Crippen LogP contribution in [0.2, 0.25) is 0 Å². The molecule has 3 N–H and O–H groups in total. The molecular formula is C12H20N4O4. The van der Waals surface area contributed by atoms with Crippen LogP contribution >= 0.6 is 0 Å². The van der Waals surface area contributed by atoms with E-state index in [1.807, 2.05) is 13.8 Å². The Bertz CT molecular complexity index is 458. The SMILES string of the molecule is Cc1noc(CCNC(=O)NC(CC(=O)O)C(C)C)n1. The van der Waals surface area contributed by atoms with Gasteiger partial charge in [0.15, 0.2) is 5.82 Å². The standard InChI is InChI=1S/C12H20N4O4/c1-7(2)9(6-11(17)18)15-12(19)13-5-4-10-14-8(3)16-20-10/h7,9H,4-6H2,1-3H3,(H,17,18)(H2,13,15,19). The van der Waals surface area contributed by atoms with Crippen molar-refractivity contribution < 1.29 is 19.2 Å². The highest BCUT2D eigenvalue weighted by molar-refractivity contribution is 5.75. The quantitative estimate of drug-likeness (QED) is 0.679. The normalized spacial score (nSPS) is 12.2. The second-order valence-corrected chi connectivity index (χ2v) is 4.83. The zero-order valence-electron chi connectivity index (χ0n) is 11.8. The van der Waals surface area contributed by atoms with Crippen LogP contribution in [0.4, 0.5) is 4.79 Å². The van der Waals surface area contributed by atoms with E-state index >= 15 is 0 Å². The molecule has 8 heteroatoms. The molecule has 112 valence electrons. The molecule has 0 saturated carbocycles. The van der Waals surface area contributed by atoms with Crippen LogP contribution in [0.3, 0.4) is 0 Å². The molecule has 0 spiro atoms. The number of hydrogen-bond donors (Lipinski definition) is 3. The van der Waals surface area contributed by atoms with Gasteiger partial charge in [-0.3, -0.25) is 4.79 Å². The molecule has 0 aliphatic rings. The topological polar surface area (TPSA) is 117 Å². The highest BCUT2D eigenvalue weighted by Gasteiger charge is 2.19. The highest BCUT2D eigenvalue weighted by atomic mass is 16.5. The summed E-state index contributed by atoms with van der Waals surface area (Å²) < 4.78 is 4.91. The first-order valence-corrected chi connectivity index (χ1v) is 6.43. The van der Waals surface area contributed by atoms with Crippen LogP contribution < -0.4 is 10.6 Å². The Morgan fingerprint density at radius 1 is 1.40 bits per heavy atom. The summed E-state index contributed by atoms with van der Waals surface area (Å²) in [6, 6.07) is -0.806. The van der Waals surface area contributed by atoms with Crippen LogP contribution in [0.15, 0.2) is 4.52 Å². The van der Waals surface area contributed by atoms with Crippen molar-refractivity contribution >= 4 is 12.0 Å². The van der Waals surface area contributed by atoms with E-state index in [4.69, 9.17) is 9.63 Å². The van der Waals surface area contributed by atoms with E-state index in [9.17, 15) is 9.59 Å². The van der Waals surface area contributed by atoms with E-state index in [1.165, 1.54) is 0 Å². The number of urea groups is 1. The lowest BCUT2D eigenvalue weighted by molar-refractivity contribution is -0.137. The maximum atomic E-state index is 11.7. The van der Waals surface area contributed by atoms with E-state index in [2.05, 4.69) is 20.8 Å².